The standard InChI is InChI=1S/C14H21F2NO/c1-14(2,6-7-18-3)10-17-9-11-4-5-12(15)13(16)8-11/h4-5,8,17H,6-7,9-10H2,1-3H3. The minimum absolute atomic E-state index is 0.120. The lowest BCUT2D eigenvalue weighted by molar-refractivity contribution is 0.150. The van der Waals surface area contributed by atoms with Crippen molar-refractivity contribution in [3.63, 3.8) is 0 Å². The maximum Gasteiger partial charge on any atom is 0.159 e. The van der Waals surface area contributed by atoms with Crippen LogP contribution in [0.25, 0.3) is 0 Å². The summed E-state index contributed by atoms with van der Waals surface area (Å²) in [6.07, 6.45) is 0.953. The number of hydrogen-bond donors (Lipinski definition) is 1. The lowest BCUT2D eigenvalue weighted by Crippen LogP contribution is -2.30. The van der Waals surface area contributed by atoms with Gasteiger partial charge in [-0.3, -0.25) is 0 Å². The summed E-state index contributed by atoms with van der Waals surface area (Å²) in [6.45, 7) is 6.34. The second kappa shape index (κ2) is 6.81. The topological polar surface area (TPSA) is 21.3 Å². The number of halogens is 2. The van der Waals surface area contributed by atoms with Gasteiger partial charge >= 0.3 is 0 Å². The number of rotatable bonds is 7. The van der Waals surface area contributed by atoms with Crippen LogP contribution in [-0.4, -0.2) is 20.3 Å². The van der Waals surface area contributed by atoms with E-state index in [0.29, 0.717) is 6.54 Å². The summed E-state index contributed by atoms with van der Waals surface area (Å²) in [5.74, 6) is -1.60. The Balaban J connectivity index is 2.39. The Labute approximate surface area is 107 Å². The van der Waals surface area contributed by atoms with Gasteiger partial charge in [0.05, 0.1) is 0 Å². The summed E-state index contributed by atoms with van der Waals surface area (Å²) in [5.41, 5.74) is 0.866. The van der Waals surface area contributed by atoms with Crippen molar-refractivity contribution in [2.45, 2.75) is 26.8 Å². The molecule has 0 bridgehead atoms. The number of benzene rings is 1. The second-order valence-electron chi connectivity index (χ2n) is 5.26. The molecular weight excluding hydrogens is 236 g/mol. The van der Waals surface area contributed by atoms with E-state index in [0.717, 1.165) is 31.2 Å². The second-order valence-corrected chi connectivity index (χ2v) is 5.26. The molecule has 0 aliphatic rings. The normalized spacial score (nSPS) is 11.8. The summed E-state index contributed by atoms with van der Waals surface area (Å²) in [4.78, 5) is 0. The van der Waals surface area contributed by atoms with Crippen molar-refractivity contribution in [3.05, 3.63) is 35.4 Å². The van der Waals surface area contributed by atoms with Crippen LogP contribution in [0.2, 0.25) is 0 Å². The van der Waals surface area contributed by atoms with E-state index in [2.05, 4.69) is 19.2 Å². The molecule has 0 aliphatic carbocycles. The Kier molecular flexibility index (Phi) is 5.69. The first-order chi connectivity index (χ1) is 8.44. The molecule has 0 atom stereocenters. The number of methoxy groups -OCH3 is 1. The van der Waals surface area contributed by atoms with E-state index in [1.54, 1.807) is 13.2 Å². The third-order valence-corrected chi connectivity index (χ3v) is 2.90. The first kappa shape index (κ1) is 15.1. The monoisotopic (exact) mass is 257 g/mol. The molecule has 0 amide bonds. The fourth-order valence-corrected chi connectivity index (χ4v) is 1.66. The van der Waals surface area contributed by atoms with E-state index >= 15 is 0 Å². The van der Waals surface area contributed by atoms with Crippen LogP contribution < -0.4 is 5.32 Å². The molecule has 0 heterocycles. The molecule has 18 heavy (non-hydrogen) atoms. The first-order valence-corrected chi connectivity index (χ1v) is 6.08. The molecule has 4 heteroatoms. The van der Waals surface area contributed by atoms with Crippen molar-refractivity contribution < 1.29 is 13.5 Å². The molecule has 0 spiro atoms. The van der Waals surface area contributed by atoms with Gasteiger partial charge in [-0.2, -0.15) is 0 Å². The predicted octanol–water partition coefficient (Wildman–Crippen LogP) is 3.12. The van der Waals surface area contributed by atoms with Gasteiger partial charge in [-0.1, -0.05) is 19.9 Å². The minimum atomic E-state index is -0.806. The smallest absolute Gasteiger partial charge is 0.159 e. The van der Waals surface area contributed by atoms with E-state index in [4.69, 9.17) is 4.74 Å². The predicted molar refractivity (Wildman–Crippen MR) is 68.3 cm³/mol. The van der Waals surface area contributed by atoms with Crippen LogP contribution in [0.3, 0.4) is 0 Å². The minimum Gasteiger partial charge on any atom is -0.385 e. The van der Waals surface area contributed by atoms with E-state index in [1.807, 2.05) is 0 Å². The van der Waals surface area contributed by atoms with Crippen LogP contribution in [0, 0.1) is 17.0 Å². The molecule has 1 aromatic rings. The third kappa shape index (κ3) is 5.10. The van der Waals surface area contributed by atoms with Gasteiger partial charge in [-0.15, -0.1) is 0 Å². The average Bonchev–Trinajstić information content (AvgIpc) is 2.31. The summed E-state index contributed by atoms with van der Waals surface area (Å²) < 4.78 is 30.8. The van der Waals surface area contributed by atoms with E-state index in [-0.39, 0.29) is 5.41 Å². The van der Waals surface area contributed by atoms with Crippen molar-refractivity contribution in [3.8, 4) is 0 Å². The van der Waals surface area contributed by atoms with Crippen molar-refractivity contribution in [2.24, 2.45) is 5.41 Å². The summed E-state index contributed by atoms with van der Waals surface area (Å²) >= 11 is 0. The van der Waals surface area contributed by atoms with Gasteiger partial charge in [0.2, 0.25) is 0 Å². The molecule has 102 valence electrons. The van der Waals surface area contributed by atoms with E-state index < -0.39 is 11.6 Å². The molecule has 1 aromatic carbocycles. The maximum absolute atomic E-state index is 13.0. The van der Waals surface area contributed by atoms with Crippen LogP contribution in [0.4, 0.5) is 8.78 Å². The van der Waals surface area contributed by atoms with Crippen molar-refractivity contribution in [2.75, 3.05) is 20.3 Å². The van der Waals surface area contributed by atoms with Crippen LogP contribution in [0.1, 0.15) is 25.8 Å². The molecule has 0 saturated heterocycles. The molecule has 1 N–H and O–H groups in total. The fraction of sp³-hybridized carbons (Fsp3) is 0.571. The molecule has 0 radical (unpaired) electrons. The van der Waals surface area contributed by atoms with Crippen LogP contribution in [-0.2, 0) is 11.3 Å². The van der Waals surface area contributed by atoms with E-state index in [1.165, 1.54) is 6.07 Å². The van der Waals surface area contributed by atoms with Crippen molar-refractivity contribution >= 4 is 0 Å². The molecular formula is C14H21F2NO. The summed E-state index contributed by atoms with van der Waals surface area (Å²) in [6, 6.07) is 3.97. The molecule has 2 nitrogen and oxygen atoms in total. The fourth-order valence-electron chi connectivity index (χ4n) is 1.66. The highest BCUT2D eigenvalue weighted by Crippen LogP contribution is 2.19. The molecule has 0 fully saturated rings. The number of nitrogens with one attached hydrogen (secondary N) is 1. The molecule has 1 rings (SSSR count). The zero-order valence-electron chi connectivity index (χ0n) is 11.2. The Morgan fingerprint density at radius 3 is 2.56 bits per heavy atom. The lowest BCUT2D eigenvalue weighted by Gasteiger charge is -2.24. The van der Waals surface area contributed by atoms with Gasteiger partial charge < -0.3 is 10.1 Å². The lowest BCUT2D eigenvalue weighted by atomic mass is 9.89. The zero-order chi connectivity index (χ0) is 13.6. The Hall–Kier alpha value is -1.00. The van der Waals surface area contributed by atoms with Crippen molar-refractivity contribution in [1.29, 1.82) is 0 Å². The van der Waals surface area contributed by atoms with Crippen LogP contribution in [0.5, 0.6) is 0 Å². The Morgan fingerprint density at radius 1 is 1.22 bits per heavy atom. The number of hydrogen-bond acceptors (Lipinski definition) is 2. The van der Waals surface area contributed by atoms with Gasteiger partial charge in [0.15, 0.2) is 11.6 Å². The van der Waals surface area contributed by atoms with Gasteiger partial charge in [0, 0.05) is 26.8 Å². The highest BCUT2D eigenvalue weighted by Gasteiger charge is 2.16. The van der Waals surface area contributed by atoms with Crippen molar-refractivity contribution in [1.82, 2.24) is 5.32 Å². The first-order valence-electron chi connectivity index (χ1n) is 6.08. The SMILES string of the molecule is COCCC(C)(C)CNCc1ccc(F)c(F)c1. The van der Waals surface area contributed by atoms with E-state index in [9.17, 15) is 8.78 Å². The average molecular weight is 257 g/mol. The van der Waals surface area contributed by atoms with Gasteiger partial charge in [-0.25, -0.2) is 8.78 Å². The van der Waals surface area contributed by atoms with Gasteiger partial charge in [0.1, 0.15) is 0 Å². The molecule has 0 aliphatic heterocycles. The maximum atomic E-state index is 13.0. The summed E-state index contributed by atoms with van der Waals surface area (Å²) in [7, 11) is 1.69. The highest BCUT2D eigenvalue weighted by molar-refractivity contribution is 5.17. The van der Waals surface area contributed by atoms with Gasteiger partial charge in [-0.05, 0) is 29.5 Å². The molecule has 0 aromatic heterocycles. The quantitative estimate of drug-likeness (QED) is 0.810. The largest absolute Gasteiger partial charge is 0.385 e. The zero-order valence-corrected chi connectivity index (χ0v) is 11.2. The van der Waals surface area contributed by atoms with Crippen LogP contribution in [0.15, 0.2) is 18.2 Å². The third-order valence-electron chi connectivity index (χ3n) is 2.90. The van der Waals surface area contributed by atoms with Gasteiger partial charge in [0.25, 0.3) is 0 Å². The molecule has 0 unspecified atom stereocenters. The number of ether oxygens (including phenoxy) is 1. The Bertz CT molecular complexity index is 380. The molecule has 0 saturated carbocycles. The summed E-state index contributed by atoms with van der Waals surface area (Å²) in [5, 5.41) is 3.25. The van der Waals surface area contributed by atoms with Crippen LogP contribution >= 0.6 is 0 Å². The highest BCUT2D eigenvalue weighted by atomic mass is 19.2. The Morgan fingerprint density at radius 2 is 1.94 bits per heavy atom.